The highest BCUT2D eigenvalue weighted by Crippen LogP contribution is 2.44. The van der Waals surface area contributed by atoms with Gasteiger partial charge in [0.15, 0.2) is 0 Å². The lowest BCUT2D eigenvalue weighted by molar-refractivity contribution is 0.0681. The summed E-state index contributed by atoms with van der Waals surface area (Å²) in [6.07, 6.45) is 5.39. The molecule has 3 nitrogen and oxygen atoms in total. The number of nitrogens with zero attached hydrogens (tertiary/aromatic N) is 2. The van der Waals surface area contributed by atoms with Gasteiger partial charge < -0.3 is 0 Å². The molecule has 1 amide bonds. The van der Waals surface area contributed by atoms with Crippen LogP contribution >= 0.6 is 0 Å². The number of rotatable bonds is 3. The predicted molar refractivity (Wildman–Crippen MR) is 121 cm³/mol. The van der Waals surface area contributed by atoms with Crippen LogP contribution in [0.2, 0.25) is 0 Å². The van der Waals surface area contributed by atoms with Crippen LogP contribution < -0.4 is 0 Å². The number of hydrogen-bond acceptors (Lipinski definition) is 2. The number of amides is 1. The zero-order chi connectivity index (χ0) is 20.3. The summed E-state index contributed by atoms with van der Waals surface area (Å²) in [5.74, 6) is 0.189. The number of hydrogen-bond donors (Lipinski definition) is 0. The van der Waals surface area contributed by atoms with E-state index in [-0.39, 0.29) is 17.9 Å². The van der Waals surface area contributed by atoms with E-state index in [1.54, 1.807) is 5.01 Å². The average molecular weight is 393 g/mol. The van der Waals surface area contributed by atoms with Crippen molar-refractivity contribution in [2.45, 2.75) is 25.3 Å². The molecule has 1 aliphatic heterocycles. The van der Waals surface area contributed by atoms with Crippen molar-refractivity contribution in [3.8, 4) is 0 Å². The van der Waals surface area contributed by atoms with Gasteiger partial charge in [-0.25, -0.2) is 5.01 Å². The van der Waals surface area contributed by atoms with Crippen LogP contribution in [0.1, 0.15) is 46.8 Å². The maximum atomic E-state index is 13.4. The molecule has 0 N–H and O–H groups in total. The third kappa shape index (κ3) is 3.48. The van der Waals surface area contributed by atoms with Crippen molar-refractivity contribution in [1.82, 2.24) is 5.01 Å². The molecule has 0 radical (unpaired) electrons. The standard InChI is InChI=1S/C27H24N2O/c30-27(22-15-8-3-9-16-22)29-26(21-13-6-2-7-14-21)24-18-10-17-23(25(24)28-29)19-20-11-4-1-5-12-20/h1-9,11-16,19,24,26H,10,17-18H2/b23-19-/t24-,26+/m0/s1. The fraction of sp³-hybridized carbons (Fsp3) is 0.185. The van der Waals surface area contributed by atoms with E-state index in [1.165, 1.54) is 11.1 Å². The second kappa shape index (κ2) is 8.11. The molecule has 1 aliphatic carbocycles. The van der Waals surface area contributed by atoms with Crippen LogP contribution in [0.3, 0.4) is 0 Å². The normalized spacial score (nSPS) is 21.9. The minimum Gasteiger partial charge on any atom is -0.267 e. The summed E-state index contributed by atoms with van der Waals surface area (Å²) in [4.78, 5) is 13.4. The predicted octanol–water partition coefficient (Wildman–Crippen LogP) is 6.12. The van der Waals surface area contributed by atoms with Crippen molar-refractivity contribution in [2.24, 2.45) is 11.0 Å². The van der Waals surface area contributed by atoms with Crippen LogP contribution in [0.5, 0.6) is 0 Å². The van der Waals surface area contributed by atoms with Crippen molar-refractivity contribution in [3.63, 3.8) is 0 Å². The van der Waals surface area contributed by atoms with Crippen molar-refractivity contribution in [3.05, 3.63) is 113 Å². The Labute approximate surface area is 177 Å². The lowest BCUT2D eigenvalue weighted by atomic mass is 9.77. The van der Waals surface area contributed by atoms with Crippen molar-refractivity contribution < 1.29 is 4.79 Å². The molecule has 3 aromatic carbocycles. The molecular formula is C27H24N2O. The van der Waals surface area contributed by atoms with E-state index in [0.717, 1.165) is 30.5 Å². The first-order valence-electron chi connectivity index (χ1n) is 10.6. The number of allylic oxidation sites excluding steroid dienone is 1. The number of benzene rings is 3. The summed E-state index contributed by atoms with van der Waals surface area (Å²) in [6.45, 7) is 0. The van der Waals surface area contributed by atoms with Crippen LogP contribution in [-0.4, -0.2) is 16.6 Å². The molecule has 0 saturated heterocycles. The van der Waals surface area contributed by atoms with Gasteiger partial charge in [-0.05, 0) is 54.2 Å². The van der Waals surface area contributed by atoms with E-state index in [9.17, 15) is 4.79 Å². The van der Waals surface area contributed by atoms with Gasteiger partial charge >= 0.3 is 0 Å². The maximum absolute atomic E-state index is 13.4. The number of carbonyl (C=O) groups excluding carboxylic acids is 1. The monoisotopic (exact) mass is 392 g/mol. The number of hydrazone groups is 1. The summed E-state index contributed by atoms with van der Waals surface area (Å²) in [6, 6.07) is 30.1. The Morgan fingerprint density at radius 2 is 1.50 bits per heavy atom. The molecule has 1 saturated carbocycles. The second-order valence-corrected chi connectivity index (χ2v) is 7.94. The molecule has 30 heavy (non-hydrogen) atoms. The molecule has 3 aromatic rings. The van der Waals surface area contributed by atoms with Crippen molar-refractivity contribution in [2.75, 3.05) is 0 Å². The lowest BCUT2D eigenvalue weighted by Crippen LogP contribution is -2.31. The van der Waals surface area contributed by atoms with Gasteiger partial charge in [0, 0.05) is 11.5 Å². The summed E-state index contributed by atoms with van der Waals surface area (Å²) in [7, 11) is 0. The second-order valence-electron chi connectivity index (χ2n) is 7.94. The smallest absolute Gasteiger partial charge is 0.267 e. The molecule has 1 fully saturated rings. The molecule has 0 bridgehead atoms. The van der Waals surface area contributed by atoms with E-state index in [0.29, 0.717) is 5.56 Å². The maximum Gasteiger partial charge on any atom is 0.274 e. The first-order chi connectivity index (χ1) is 14.8. The molecule has 5 rings (SSSR count). The largest absolute Gasteiger partial charge is 0.274 e. The molecule has 1 heterocycles. The molecular weight excluding hydrogens is 368 g/mol. The van der Waals surface area contributed by atoms with E-state index in [4.69, 9.17) is 5.10 Å². The van der Waals surface area contributed by atoms with Gasteiger partial charge in [0.05, 0.1) is 11.8 Å². The van der Waals surface area contributed by atoms with Crippen LogP contribution in [0.25, 0.3) is 6.08 Å². The molecule has 3 heteroatoms. The summed E-state index contributed by atoms with van der Waals surface area (Å²) in [5.41, 5.74) is 5.33. The number of carbonyl (C=O) groups is 1. The van der Waals surface area contributed by atoms with Crippen LogP contribution in [-0.2, 0) is 0 Å². The van der Waals surface area contributed by atoms with Gasteiger partial charge in [-0.15, -0.1) is 0 Å². The van der Waals surface area contributed by atoms with Gasteiger partial charge in [0.25, 0.3) is 5.91 Å². The quantitative estimate of drug-likeness (QED) is 0.528. The summed E-state index contributed by atoms with van der Waals surface area (Å²) >= 11 is 0. The molecule has 2 atom stereocenters. The Kier molecular flexibility index (Phi) is 5.02. The van der Waals surface area contributed by atoms with Gasteiger partial charge in [-0.2, -0.15) is 5.10 Å². The Bertz CT molecular complexity index is 1090. The van der Waals surface area contributed by atoms with Crippen LogP contribution in [0, 0.1) is 5.92 Å². The number of fused-ring (bicyclic) bond motifs is 1. The third-order valence-electron chi connectivity index (χ3n) is 6.01. The first kappa shape index (κ1) is 18.6. The first-order valence-corrected chi connectivity index (χ1v) is 10.6. The van der Waals surface area contributed by atoms with E-state index in [1.807, 2.05) is 54.6 Å². The highest BCUT2D eigenvalue weighted by atomic mass is 16.2. The van der Waals surface area contributed by atoms with Gasteiger partial charge in [-0.3, -0.25) is 4.79 Å². The Morgan fingerprint density at radius 1 is 0.867 bits per heavy atom. The zero-order valence-electron chi connectivity index (χ0n) is 16.8. The SMILES string of the molecule is O=C(c1ccccc1)N1N=C2/C(=C\c3ccccc3)CCC[C@@H]2[C@H]1c1ccccc1. The van der Waals surface area contributed by atoms with E-state index < -0.39 is 0 Å². The molecule has 148 valence electrons. The Hall–Kier alpha value is -3.46. The van der Waals surface area contributed by atoms with Crippen molar-refractivity contribution >= 4 is 17.7 Å². The average Bonchev–Trinajstić information content (AvgIpc) is 3.21. The van der Waals surface area contributed by atoms with Crippen molar-refractivity contribution in [1.29, 1.82) is 0 Å². The molecule has 0 aromatic heterocycles. The Balaban J connectivity index is 1.58. The fourth-order valence-corrected chi connectivity index (χ4v) is 4.61. The lowest BCUT2D eigenvalue weighted by Gasteiger charge is -2.29. The van der Waals surface area contributed by atoms with Crippen LogP contribution in [0.15, 0.2) is 102 Å². The minimum atomic E-state index is -0.0617. The molecule has 0 unspecified atom stereocenters. The fourth-order valence-electron chi connectivity index (χ4n) is 4.61. The Morgan fingerprint density at radius 3 is 2.20 bits per heavy atom. The highest BCUT2D eigenvalue weighted by Gasteiger charge is 2.43. The topological polar surface area (TPSA) is 32.7 Å². The summed E-state index contributed by atoms with van der Waals surface area (Å²) < 4.78 is 0. The van der Waals surface area contributed by atoms with E-state index >= 15 is 0 Å². The van der Waals surface area contributed by atoms with Gasteiger partial charge in [0.2, 0.25) is 0 Å². The van der Waals surface area contributed by atoms with E-state index in [2.05, 4.69) is 42.5 Å². The summed E-state index contributed by atoms with van der Waals surface area (Å²) in [5, 5.41) is 6.68. The van der Waals surface area contributed by atoms with Crippen LogP contribution in [0.4, 0.5) is 0 Å². The highest BCUT2D eigenvalue weighted by molar-refractivity contribution is 6.09. The molecule has 2 aliphatic rings. The van der Waals surface area contributed by atoms with Gasteiger partial charge in [0.1, 0.15) is 0 Å². The van der Waals surface area contributed by atoms with Gasteiger partial charge in [-0.1, -0.05) is 78.9 Å². The zero-order valence-corrected chi connectivity index (χ0v) is 16.8. The third-order valence-corrected chi connectivity index (χ3v) is 6.01. The molecule has 0 spiro atoms. The minimum absolute atomic E-state index is 0.0367.